The van der Waals surface area contributed by atoms with Gasteiger partial charge in [0.1, 0.15) is 11.4 Å². The van der Waals surface area contributed by atoms with E-state index in [0.29, 0.717) is 17.0 Å². The molecule has 0 aliphatic carbocycles. The van der Waals surface area contributed by atoms with Gasteiger partial charge in [0.2, 0.25) is 0 Å². The molecule has 1 aromatic carbocycles. The normalized spacial score (nSPS) is 11.1. The second-order valence-corrected chi connectivity index (χ2v) is 5.77. The average molecular weight is 302 g/mol. The average Bonchev–Trinajstić information content (AvgIpc) is 2.80. The summed E-state index contributed by atoms with van der Waals surface area (Å²) in [6.07, 6.45) is -0.504. The number of nitrogens with zero attached hydrogens (tertiary/aromatic N) is 4. The molecule has 7 nitrogen and oxygen atoms in total. The van der Waals surface area contributed by atoms with Crippen LogP contribution in [0.25, 0.3) is 21.3 Å². The van der Waals surface area contributed by atoms with Gasteiger partial charge in [-0.25, -0.2) is 9.36 Å². The van der Waals surface area contributed by atoms with Crippen molar-refractivity contribution in [2.24, 2.45) is 5.11 Å². The number of benzene rings is 1. The quantitative estimate of drug-likeness (QED) is 0.482. The van der Waals surface area contributed by atoms with Crippen LogP contribution in [0.2, 0.25) is 0 Å². The molecule has 0 saturated carbocycles. The Bertz CT molecular complexity index is 752. The standard InChI is InChI=1S/C15H18N4O3/c1-15(2,3)22-14(20)19-11(9-17-18-16)7-10-8-12(21-4)5-6-13(10)19/h5-8H,9H2,1-4H3. The van der Waals surface area contributed by atoms with Gasteiger partial charge in [0, 0.05) is 16.0 Å². The number of ether oxygens (including phenoxy) is 2. The molecular weight excluding hydrogens is 284 g/mol. The number of fused-ring (bicyclic) bond motifs is 1. The van der Waals surface area contributed by atoms with Crippen LogP contribution in [-0.2, 0) is 11.3 Å². The number of carbonyl (C=O) groups excluding carboxylic acids is 1. The molecule has 0 bridgehead atoms. The van der Waals surface area contributed by atoms with E-state index in [4.69, 9.17) is 15.0 Å². The molecule has 0 aliphatic rings. The van der Waals surface area contributed by atoms with Crippen molar-refractivity contribution >= 4 is 17.0 Å². The molecule has 0 aliphatic heterocycles. The highest BCUT2D eigenvalue weighted by Crippen LogP contribution is 2.26. The predicted octanol–water partition coefficient (Wildman–Crippen LogP) is 4.24. The second kappa shape index (κ2) is 5.99. The fourth-order valence-corrected chi connectivity index (χ4v) is 2.12. The molecule has 22 heavy (non-hydrogen) atoms. The Balaban J connectivity index is 2.56. The Kier molecular flexibility index (Phi) is 4.28. The molecule has 116 valence electrons. The third-order valence-corrected chi connectivity index (χ3v) is 2.96. The maximum absolute atomic E-state index is 12.4. The summed E-state index contributed by atoms with van der Waals surface area (Å²) in [6, 6.07) is 7.14. The molecule has 0 fully saturated rings. The van der Waals surface area contributed by atoms with Crippen LogP contribution in [0.15, 0.2) is 29.4 Å². The monoisotopic (exact) mass is 302 g/mol. The van der Waals surface area contributed by atoms with Gasteiger partial charge in [-0.15, -0.1) is 0 Å². The largest absolute Gasteiger partial charge is 0.497 e. The molecule has 2 aromatic rings. The maximum atomic E-state index is 12.4. The summed E-state index contributed by atoms with van der Waals surface area (Å²) in [5.41, 5.74) is 9.14. The van der Waals surface area contributed by atoms with E-state index in [1.165, 1.54) is 4.57 Å². The van der Waals surface area contributed by atoms with Gasteiger partial charge >= 0.3 is 6.09 Å². The Morgan fingerprint density at radius 2 is 2.09 bits per heavy atom. The fourth-order valence-electron chi connectivity index (χ4n) is 2.12. The number of hydrogen-bond acceptors (Lipinski definition) is 4. The summed E-state index contributed by atoms with van der Waals surface area (Å²) in [7, 11) is 1.58. The van der Waals surface area contributed by atoms with Crippen LogP contribution in [0.1, 0.15) is 26.5 Å². The number of methoxy groups -OCH3 is 1. The molecule has 0 unspecified atom stereocenters. The van der Waals surface area contributed by atoms with Gasteiger partial charge < -0.3 is 9.47 Å². The molecule has 0 saturated heterocycles. The van der Waals surface area contributed by atoms with E-state index in [2.05, 4.69) is 10.0 Å². The minimum Gasteiger partial charge on any atom is -0.497 e. The van der Waals surface area contributed by atoms with Gasteiger partial charge in [0.25, 0.3) is 0 Å². The molecule has 1 aromatic heterocycles. The highest BCUT2D eigenvalue weighted by Gasteiger charge is 2.22. The minimum absolute atomic E-state index is 0.0622. The number of azide groups is 1. The van der Waals surface area contributed by atoms with Crippen LogP contribution < -0.4 is 4.74 Å². The van der Waals surface area contributed by atoms with Crippen LogP contribution in [0, 0.1) is 0 Å². The predicted molar refractivity (Wildman–Crippen MR) is 83.0 cm³/mol. The van der Waals surface area contributed by atoms with Crippen molar-refractivity contribution in [3.05, 3.63) is 40.4 Å². The number of aromatic nitrogens is 1. The van der Waals surface area contributed by atoms with Gasteiger partial charge in [-0.1, -0.05) is 5.11 Å². The lowest BCUT2D eigenvalue weighted by molar-refractivity contribution is 0.0540. The lowest BCUT2D eigenvalue weighted by Crippen LogP contribution is -2.27. The van der Waals surface area contributed by atoms with Crippen LogP contribution >= 0.6 is 0 Å². The molecule has 0 radical (unpaired) electrons. The second-order valence-electron chi connectivity index (χ2n) is 5.77. The van der Waals surface area contributed by atoms with Crippen molar-refractivity contribution in [3.63, 3.8) is 0 Å². The zero-order valence-corrected chi connectivity index (χ0v) is 13.0. The maximum Gasteiger partial charge on any atom is 0.419 e. The van der Waals surface area contributed by atoms with E-state index >= 15 is 0 Å². The van der Waals surface area contributed by atoms with Gasteiger partial charge in [-0.3, -0.25) is 0 Å². The van der Waals surface area contributed by atoms with Crippen LogP contribution in [0.3, 0.4) is 0 Å². The molecule has 0 spiro atoms. The first kappa shape index (κ1) is 15.7. The molecular formula is C15H18N4O3. The number of carbonyl (C=O) groups is 1. The van der Waals surface area contributed by atoms with Crippen molar-refractivity contribution in [1.82, 2.24) is 4.57 Å². The Morgan fingerprint density at radius 3 is 2.68 bits per heavy atom. The highest BCUT2D eigenvalue weighted by molar-refractivity contribution is 5.91. The molecule has 0 N–H and O–H groups in total. The summed E-state index contributed by atoms with van der Waals surface area (Å²) in [4.78, 5) is 15.2. The zero-order valence-electron chi connectivity index (χ0n) is 13.0. The number of hydrogen-bond donors (Lipinski definition) is 0. The topological polar surface area (TPSA) is 89.2 Å². The Morgan fingerprint density at radius 1 is 1.36 bits per heavy atom. The lowest BCUT2D eigenvalue weighted by atomic mass is 10.2. The molecule has 0 amide bonds. The van der Waals surface area contributed by atoms with E-state index in [1.807, 2.05) is 6.07 Å². The van der Waals surface area contributed by atoms with Crippen LogP contribution in [0.5, 0.6) is 5.75 Å². The summed E-state index contributed by atoms with van der Waals surface area (Å²) >= 11 is 0. The first-order valence-electron chi connectivity index (χ1n) is 6.78. The molecule has 0 atom stereocenters. The molecule has 7 heteroatoms. The van der Waals surface area contributed by atoms with Gasteiger partial charge in [0.15, 0.2) is 0 Å². The van der Waals surface area contributed by atoms with E-state index in [9.17, 15) is 4.79 Å². The van der Waals surface area contributed by atoms with Gasteiger partial charge in [-0.2, -0.15) is 0 Å². The molecule has 2 rings (SSSR count). The van der Waals surface area contributed by atoms with Crippen molar-refractivity contribution in [3.8, 4) is 5.75 Å². The van der Waals surface area contributed by atoms with E-state index in [0.717, 1.165) is 5.39 Å². The van der Waals surface area contributed by atoms with Crippen LogP contribution in [-0.4, -0.2) is 23.4 Å². The first-order chi connectivity index (χ1) is 10.4. The third-order valence-electron chi connectivity index (χ3n) is 2.96. The summed E-state index contributed by atoms with van der Waals surface area (Å²) in [5, 5.41) is 4.35. The first-order valence-corrected chi connectivity index (χ1v) is 6.78. The highest BCUT2D eigenvalue weighted by atomic mass is 16.6. The van der Waals surface area contributed by atoms with Gasteiger partial charge in [0.05, 0.1) is 19.2 Å². The number of rotatable bonds is 3. The third kappa shape index (κ3) is 3.32. The summed E-state index contributed by atoms with van der Waals surface area (Å²) in [6.45, 7) is 5.46. The van der Waals surface area contributed by atoms with Gasteiger partial charge in [-0.05, 0) is 50.6 Å². The smallest absolute Gasteiger partial charge is 0.419 e. The van der Waals surface area contributed by atoms with E-state index in [-0.39, 0.29) is 6.54 Å². The minimum atomic E-state index is -0.615. The zero-order chi connectivity index (χ0) is 16.3. The lowest BCUT2D eigenvalue weighted by Gasteiger charge is -2.20. The van der Waals surface area contributed by atoms with Crippen molar-refractivity contribution in [2.75, 3.05) is 7.11 Å². The van der Waals surface area contributed by atoms with Crippen molar-refractivity contribution in [1.29, 1.82) is 0 Å². The fraction of sp³-hybridized carbons (Fsp3) is 0.400. The Labute approximate surface area is 128 Å². The van der Waals surface area contributed by atoms with E-state index in [1.54, 1.807) is 46.1 Å². The molecule has 1 heterocycles. The van der Waals surface area contributed by atoms with Crippen molar-refractivity contribution in [2.45, 2.75) is 32.9 Å². The van der Waals surface area contributed by atoms with Crippen molar-refractivity contribution < 1.29 is 14.3 Å². The summed E-state index contributed by atoms with van der Waals surface area (Å²) < 4.78 is 12.0. The SMILES string of the molecule is COc1ccc2c(c1)cc(CN=[N+]=[N-])n2C(=O)OC(C)(C)C. The van der Waals surface area contributed by atoms with Crippen LogP contribution in [0.4, 0.5) is 4.79 Å². The summed E-state index contributed by atoms with van der Waals surface area (Å²) in [5.74, 6) is 0.684. The van der Waals surface area contributed by atoms with E-state index < -0.39 is 11.7 Å². The Hall–Kier alpha value is -2.66.